The Kier molecular flexibility index (Phi) is 6.37. The van der Waals surface area contributed by atoms with Gasteiger partial charge in [0.1, 0.15) is 5.82 Å². The van der Waals surface area contributed by atoms with E-state index in [0.29, 0.717) is 23.9 Å². The van der Waals surface area contributed by atoms with E-state index >= 15 is 0 Å². The van der Waals surface area contributed by atoms with Crippen molar-refractivity contribution in [3.8, 4) is 0 Å². The fourth-order valence-corrected chi connectivity index (χ4v) is 2.96. The molecule has 2 aromatic carbocycles. The summed E-state index contributed by atoms with van der Waals surface area (Å²) in [4.78, 5) is 6.71. The maximum absolute atomic E-state index is 13.7. The molecule has 0 fully saturated rings. The highest BCUT2D eigenvalue weighted by Gasteiger charge is 2.08. The van der Waals surface area contributed by atoms with Gasteiger partial charge in [0.15, 0.2) is 5.82 Å². The number of rotatable bonds is 8. The zero-order valence-corrected chi connectivity index (χ0v) is 16.4. The lowest BCUT2D eigenvalue weighted by Crippen LogP contribution is -2.21. The Morgan fingerprint density at radius 3 is 2.57 bits per heavy atom. The number of nitrogens with one attached hydrogen (secondary N) is 2. The topological polar surface area (TPSA) is 66.0 Å². The number of aromatic nitrogens is 3. The summed E-state index contributed by atoms with van der Waals surface area (Å²) < 4.78 is 13.7. The van der Waals surface area contributed by atoms with Crippen molar-refractivity contribution in [3.63, 3.8) is 0 Å². The van der Waals surface area contributed by atoms with Gasteiger partial charge in [-0.3, -0.25) is 0 Å². The van der Waals surface area contributed by atoms with Crippen molar-refractivity contribution in [1.29, 1.82) is 0 Å². The van der Waals surface area contributed by atoms with Crippen LogP contribution in [0.3, 0.4) is 0 Å². The average Bonchev–Trinajstić information content (AvgIpc) is 2.71. The summed E-state index contributed by atoms with van der Waals surface area (Å²) in [5, 5.41) is 14.3. The van der Waals surface area contributed by atoms with Crippen LogP contribution in [-0.2, 0) is 6.54 Å². The Hall–Kier alpha value is -3.22. The van der Waals surface area contributed by atoms with Crippen LogP contribution in [0.4, 0.5) is 27.5 Å². The molecule has 0 saturated heterocycles. The molecule has 1 heterocycles. The minimum atomic E-state index is -0.251. The Labute approximate surface area is 164 Å². The highest BCUT2D eigenvalue weighted by molar-refractivity contribution is 5.64. The average molecular weight is 380 g/mol. The molecular weight excluding hydrogens is 355 g/mol. The largest absolute Gasteiger partial charge is 0.372 e. The van der Waals surface area contributed by atoms with E-state index in [1.807, 2.05) is 13.0 Å². The lowest BCUT2D eigenvalue weighted by molar-refractivity contribution is 0.613. The summed E-state index contributed by atoms with van der Waals surface area (Å²) in [6.45, 7) is 8.58. The molecule has 0 amide bonds. The molecule has 2 N–H and O–H groups in total. The summed E-state index contributed by atoms with van der Waals surface area (Å²) in [6.07, 6.45) is 1.52. The van der Waals surface area contributed by atoms with Gasteiger partial charge in [0, 0.05) is 36.6 Å². The van der Waals surface area contributed by atoms with Crippen LogP contribution < -0.4 is 15.5 Å². The monoisotopic (exact) mass is 380 g/mol. The molecule has 0 aliphatic heterocycles. The predicted octanol–water partition coefficient (Wildman–Crippen LogP) is 4.52. The standard InChI is InChI=1S/C21H25FN6/c1-4-28(5-2)17-10-11-19(15(3)12-17)25-21-26-20(14-24-27-21)23-13-16-8-6-7-9-18(16)22/h6-12,14H,4-5,13H2,1-3H3,(H2,23,25,26,27). The van der Waals surface area contributed by atoms with Crippen molar-refractivity contribution in [2.75, 3.05) is 28.6 Å². The minimum absolute atomic E-state index is 0.251. The third-order valence-electron chi connectivity index (χ3n) is 4.56. The normalized spacial score (nSPS) is 10.6. The second-order valence-corrected chi connectivity index (χ2v) is 6.41. The number of hydrogen-bond acceptors (Lipinski definition) is 6. The second kappa shape index (κ2) is 9.12. The molecule has 1 aromatic heterocycles. The van der Waals surface area contributed by atoms with E-state index in [9.17, 15) is 4.39 Å². The maximum atomic E-state index is 13.7. The van der Waals surface area contributed by atoms with Crippen LogP contribution in [0.2, 0.25) is 0 Å². The molecule has 0 atom stereocenters. The maximum Gasteiger partial charge on any atom is 0.249 e. The van der Waals surface area contributed by atoms with Crippen LogP contribution in [0.5, 0.6) is 0 Å². The Balaban J connectivity index is 1.70. The lowest BCUT2D eigenvalue weighted by atomic mass is 10.1. The van der Waals surface area contributed by atoms with E-state index in [4.69, 9.17) is 0 Å². The SMILES string of the molecule is CCN(CC)c1ccc(Nc2nncc(NCc3ccccc3F)n2)c(C)c1. The van der Waals surface area contributed by atoms with Crippen LogP contribution in [0.1, 0.15) is 25.0 Å². The number of aryl methyl sites for hydroxylation is 1. The summed E-state index contributed by atoms with van der Waals surface area (Å²) in [5.41, 5.74) is 3.77. The van der Waals surface area contributed by atoms with E-state index in [1.54, 1.807) is 18.2 Å². The molecule has 3 aromatic rings. The first-order valence-corrected chi connectivity index (χ1v) is 9.40. The van der Waals surface area contributed by atoms with Gasteiger partial charge in [-0.1, -0.05) is 18.2 Å². The first-order valence-electron chi connectivity index (χ1n) is 9.40. The summed E-state index contributed by atoms with van der Waals surface area (Å²) in [5.74, 6) is 0.662. The molecule has 0 radical (unpaired) electrons. The molecule has 0 bridgehead atoms. The van der Waals surface area contributed by atoms with Crippen LogP contribution in [-0.4, -0.2) is 28.3 Å². The highest BCUT2D eigenvalue weighted by atomic mass is 19.1. The quantitative estimate of drug-likeness (QED) is 0.599. The van der Waals surface area contributed by atoms with Gasteiger partial charge in [-0.05, 0) is 50.6 Å². The molecule has 7 heteroatoms. The van der Waals surface area contributed by atoms with Gasteiger partial charge in [0.05, 0.1) is 6.20 Å². The van der Waals surface area contributed by atoms with Crippen LogP contribution in [0.25, 0.3) is 0 Å². The molecular formula is C21H25FN6. The van der Waals surface area contributed by atoms with Crippen molar-refractivity contribution in [2.24, 2.45) is 0 Å². The molecule has 0 aliphatic carbocycles. The molecule has 28 heavy (non-hydrogen) atoms. The number of anilines is 4. The number of hydrogen-bond donors (Lipinski definition) is 2. The van der Waals surface area contributed by atoms with Gasteiger partial charge in [-0.25, -0.2) is 4.39 Å². The van der Waals surface area contributed by atoms with Gasteiger partial charge < -0.3 is 15.5 Å². The van der Waals surface area contributed by atoms with Crippen LogP contribution >= 0.6 is 0 Å². The molecule has 146 valence electrons. The van der Waals surface area contributed by atoms with Gasteiger partial charge >= 0.3 is 0 Å². The smallest absolute Gasteiger partial charge is 0.249 e. The Bertz CT molecular complexity index is 926. The lowest BCUT2D eigenvalue weighted by Gasteiger charge is -2.22. The van der Waals surface area contributed by atoms with Crippen molar-refractivity contribution in [3.05, 3.63) is 65.6 Å². The summed E-state index contributed by atoms with van der Waals surface area (Å²) in [6, 6.07) is 12.9. The minimum Gasteiger partial charge on any atom is -0.372 e. The molecule has 6 nitrogen and oxygen atoms in total. The van der Waals surface area contributed by atoms with Crippen LogP contribution in [0, 0.1) is 12.7 Å². The molecule has 0 saturated carbocycles. The Morgan fingerprint density at radius 1 is 1.07 bits per heavy atom. The summed E-state index contributed by atoms with van der Waals surface area (Å²) >= 11 is 0. The zero-order valence-electron chi connectivity index (χ0n) is 16.4. The predicted molar refractivity (Wildman–Crippen MR) is 112 cm³/mol. The van der Waals surface area contributed by atoms with E-state index in [2.05, 4.69) is 56.7 Å². The van der Waals surface area contributed by atoms with Crippen LogP contribution in [0.15, 0.2) is 48.7 Å². The van der Waals surface area contributed by atoms with Gasteiger partial charge in [0.2, 0.25) is 5.95 Å². The molecule has 0 aliphatic rings. The van der Waals surface area contributed by atoms with E-state index in [0.717, 1.165) is 24.3 Å². The van der Waals surface area contributed by atoms with E-state index in [-0.39, 0.29) is 5.82 Å². The number of nitrogens with zero attached hydrogens (tertiary/aromatic N) is 4. The van der Waals surface area contributed by atoms with Crippen molar-refractivity contribution < 1.29 is 4.39 Å². The molecule has 0 unspecified atom stereocenters. The van der Waals surface area contributed by atoms with Gasteiger partial charge in [0.25, 0.3) is 0 Å². The first-order chi connectivity index (χ1) is 13.6. The third-order valence-corrected chi connectivity index (χ3v) is 4.56. The highest BCUT2D eigenvalue weighted by Crippen LogP contribution is 2.24. The van der Waals surface area contributed by atoms with Crippen molar-refractivity contribution in [1.82, 2.24) is 15.2 Å². The Morgan fingerprint density at radius 2 is 1.86 bits per heavy atom. The fraction of sp³-hybridized carbons (Fsp3) is 0.286. The van der Waals surface area contributed by atoms with E-state index in [1.165, 1.54) is 18.0 Å². The van der Waals surface area contributed by atoms with Crippen molar-refractivity contribution >= 4 is 23.1 Å². The first kappa shape index (κ1) is 19.5. The third kappa shape index (κ3) is 4.73. The van der Waals surface area contributed by atoms with Gasteiger partial charge in [-0.2, -0.15) is 10.1 Å². The zero-order chi connectivity index (χ0) is 19.9. The van der Waals surface area contributed by atoms with Gasteiger partial charge in [-0.15, -0.1) is 5.10 Å². The molecule has 0 spiro atoms. The summed E-state index contributed by atoms with van der Waals surface area (Å²) in [7, 11) is 0. The second-order valence-electron chi connectivity index (χ2n) is 6.41. The number of halogens is 1. The number of benzene rings is 2. The van der Waals surface area contributed by atoms with E-state index < -0.39 is 0 Å². The fourth-order valence-electron chi connectivity index (χ4n) is 2.96. The molecule has 3 rings (SSSR count). The van der Waals surface area contributed by atoms with Crippen molar-refractivity contribution in [2.45, 2.75) is 27.3 Å².